The molecule has 0 bridgehead atoms. The number of rotatable bonds is 4. The molecule has 32 heavy (non-hydrogen) atoms. The fourth-order valence-electron chi connectivity index (χ4n) is 4.48. The molecule has 1 amide bonds. The second-order valence-corrected chi connectivity index (χ2v) is 8.98. The predicted octanol–water partition coefficient (Wildman–Crippen LogP) is 4.80. The summed E-state index contributed by atoms with van der Waals surface area (Å²) in [6.45, 7) is -0.0738. The molecule has 0 N–H and O–H groups in total. The highest BCUT2D eigenvalue weighted by Gasteiger charge is 2.27. The number of benzene rings is 2. The highest BCUT2D eigenvalue weighted by Crippen LogP contribution is 2.34. The normalized spacial score (nSPS) is 15.5. The summed E-state index contributed by atoms with van der Waals surface area (Å²) < 4.78 is 14.7. The highest BCUT2D eigenvalue weighted by molar-refractivity contribution is 7.17. The molecule has 4 aromatic rings. The second-order valence-electron chi connectivity index (χ2n) is 8.13. The van der Waals surface area contributed by atoms with E-state index in [4.69, 9.17) is 0 Å². The summed E-state index contributed by atoms with van der Waals surface area (Å²) in [5.74, 6) is -0.463. The van der Waals surface area contributed by atoms with Crippen molar-refractivity contribution in [3.05, 3.63) is 87.5 Å². The summed E-state index contributed by atoms with van der Waals surface area (Å²) in [5, 5.41) is 2.31. The third kappa shape index (κ3) is 3.62. The van der Waals surface area contributed by atoms with E-state index in [1.807, 2.05) is 17.5 Å². The van der Waals surface area contributed by atoms with Crippen molar-refractivity contribution in [2.24, 2.45) is 0 Å². The van der Waals surface area contributed by atoms with Gasteiger partial charge >= 0.3 is 0 Å². The SMILES string of the molecule is CN(C(=O)Cn1cnc2scc(-c3ccc(F)cc3)c2c1=O)C1CCCc2ccccc21. The molecule has 0 saturated heterocycles. The van der Waals surface area contributed by atoms with Crippen LogP contribution in [-0.4, -0.2) is 27.4 Å². The van der Waals surface area contributed by atoms with Gasteiger partial charge in [0.25, 0.3) is 5.56 Å². The van der Waals surface area contributed by atoms with Gasteiger partial charge in [-0.1, -0.05) is 36.4 Å². The number of nitrogens with zero attached hydrogens (tertiary/aromatic N) is 3. The molecule has 5 nitrogen and oxygen atoms in total. The van der Waals surface area contributed by atoms with E-state index < -0.39 is 0 Å². The van der Waals surface area contributed by atoms with Crippen LogP contribution in [0.2, 0.25) is 0 Å². The fourth-order valence-corrected chi connectivity index (χ4v) is 5.39. The molecule has 162 valence electrons. The number of carbonyl (C=O) groups is 1. The third-order valence-electron chi connectivity index (χ3n) is 6.22. The molecule has 2 aromatic heterocycles. The van der Waals surface area contributed by atoms with Crippen LogP contribution in [0.1, 0.15) is 30.0 Å². The lowest BCUT2D eigenvalue weighted by Gasteiger charge is -2.33. The van der Waals surface area contributed by atoms with Crippen LogP contribution in [-0.2, 0) is 17.8 Å². The minimum Gasteiger partial charge on any atom is -0.337 e. The summed E-state index contributed by atoms with van der Waals surface area (Å²) in [6, 6.07) is 14.3. The lowest BCUT2D eigenvalue weighted by Crippen LogP contribution is -2.37. The van der Waals surface area contributed by atoms with Gasteiger partial charge in [0.2, 0.25) is 5.91 Å². The van der Waals surface area contributed by atoms with E-state index in [-0.39, 0.29) is 29.9 Å². The van der Waals surface area contributed by atoms with Gasteiger partial charge in [0.05, 0.1) is 17.8 Å². The first-order chi connectivity index (χ1) is 15.5. The van der Waals surface area contributed by atoms with Crippen LogP contribution in [0, 0.1) is 5.82 Å². The third-order valence-corrected chi connectivity index (χ3v) is 7.11. The average molecular weight is 448 g/mol. The van der Waals surface area contributed by atoms with Crippen molar-refractivity contribution in [3.63, 3.8) is 0 Å². The monoisotopic (exact) mass is 447 g/mol. The molecule has 2 heterocycles. The van der Waals surface area contributed by atoms with Crippen molar-refractivity contribution < 1.29 is 9.18 Å². The van der Waals surface area contributed by atoms with Crippen LogP contribution in [0.4, 0.5) is 4.39 Å². The van der Waals surface area contributed by atoms with E-state index in [1.165, 1.54) is 45.5 Å². The van der Waals surface area contributed by atoms with Gasteiger partial charge in [0, 0.05) is 18.0 Å². The maximum Gasteiger partial charge on any atom is 0.263 e. The summed E-state index contributed by atoms with van der Waals surface area (Å²) in [5.41, 5.74) is 3.66. The van der Waals surface area contributed by atoms with E-state index in [1.54, 1.807) is 24.1 Å². The molecule has 0 radical (unpaired) electrons. The lowest BCUT2D eigenvalue weighted by molar-refractivity contribution is -0.133. The molecule has 7 heteroatoms. The number of likely N-dealkylation sites (N-methyl/N-ethyl adjacent to an activating group) is 1. The Labute approximate surface area is 188 Å². The molecular formula is C25H22FN3O2S. The molecule has 0 saturated carbocycles. The van der Waals surface area contributed by atoms with Gasteiger partial charge in [-0.25, -0.2) is 9.37 Å². The zero-order chi connectivity index (χ0) is 22.2. The van der Waals surface area contributed by atoms with Crippen LogP contribution in [0.5, 0.6) is 0 Å². The zero-order valence-corrected chi connectivity index (χ0v) is 18.4. The molecule has 1 aliphatic carbocycles. The topological polar surface area (TPSA) is 55.2 Å². The smallest absolute Gasteiger partial charge is 0.263 e. The molecule has 2 aromatic carbocycles. The number of halogens is 1. The van der Waals surface area contributed by atoms with Gasteiger partial charge in [-0.15, -0.1) is 11.3 Å². The van der Waals surface area contributed by atoms with Crippen molar-refractivity contribution >= 4 is 27.5 Å². The van der Waals surface area contributed by atoms with Crippen molar-refractivity contribution in [3.8, 4) is 11.1 Å². The first-order valence-corrected chi connectivity index (χ1v) is 11.5. The molecule has 0 spiro atoms. The molecular weight excluding hydrogens is 425 g/mol. The van der Waals surface area contributed by atoms with Crippen molar-refractivity contribution in [2.45, 2.75) is 31.8 Å². The summed E-state index contributed by atoms with van der Waals surface area (Å²) in [6.07, 6.45) is 4.41. The Morgan fingerprint density at radius 3 is 2.81 bits per heavy atom. The van der Waals surface area contributed by atoms with Crippen LogP contribution >= 0.6 is 11.3 Å². The number of thiophene rings is 1. The average Bonchev–Trinajstić information content (AvgIpc) is 3.25. The number of fused-ring (bicyclic) bond motifs is 2. The predicted molar refractivity (Wildman–Crippen MR) is 124 cm³/mol. The van der Waals surface area contributed by atoms with Crippen molar-refractivity contribution in [1.82, 2.24) is 14.5 Å². The van der Waals surface area contributed by atoms with E-state index in [0.29, 0.717) is 15.8 Å². The summed E-state index contributed by atoms with van der Waals surface area (Å²) in [4.78, 5) is 33.2. The second kappa shape index (κ2) is 8.31. The lowest BCUT2D eigenvalue weighted by atomic mass is 9.87. The Hall–Kier alpha value is -3.32. The highest BCUT2D eigenvalue weighted by atomic mass is 32.1. The Bertz CT molecular complexity index is 1360. The zero-order valence-electron chi connectivity index (χ0n) is 17.6. The summed E-state index contributed by atoms with van der Waals surface area (Å²) in [7, 11) is 1.81. The number of aromatic nitrogens is 2. The molecule has 1 unspecified atom stereocenters. The van der Waals surface area contributed by atoms with Gasteiger partial charge in [0.15, 0.2) is 0 Å². The van der Waals surface area contributed by atoms with Gasteiger partial charge < -0.3 is 4.90 Å². The van der Waals surface area contributed by atoms with E-state index in [9.17, 15) is 14.0 Å². The minimum atomic E-state index is -0.332. The number of amides is 1. The molecule has 1 atom stereocenters. The van der Waals surface area contributed by atoms with Gasteiger partial charge in [-0.05, 0) is 48.1 Å². The molecule has 5 rings (SSSR count). The van der Waals surface area contributed by atoms with Crippen LogP contribution in [0.25, 0.3) is 21.3 Å². The number of aryl methyl sites for hydroxylation is 1. The first kappa shape index (κ1) is 20.6. The minimum absolute atomic E-state index is 0.00997. The Morgan fingerprint density at radius 2 is 2.00 bits per heavy atom. The quantitative estimate of drug-likeness (QED) is 0.452. The van der Waals surface area contributed by atoms with Crippen LogP contribution in [0.3, 0.4) is 0 Å². The van der Waals surface area contributed by atoms with Crippen molar-refractivity contribution in [2.75, 3.05) is 7.05 Å². The Morgan fingerprint density at radius 1 is 1.22 bits per heavy atom. The fraction of sp³-hybridized carbons (Fsp3) is 0.240. The number of hydrogen-bond acceptors (Lipinski definition) is 4. The van der Waals surface area contributed by atoms with Crippen LogP contribution < -0.4 is 5.56 Å². The maximum atomic E-state index is 13.3. The largest absolute Gasteiger partial charge is 0.337 e. The molecule has 1 aliphatic rings. The summed E-state index contributed by atoms with van der Waals surface area (Å²) >= 11 is 1.36. The van der Waals surface area contributed by atoms with Gasteiger partial charge in [-0.2, -0.15) is 0 Å². The van der Waals surface area contributed by atoms with E-state index >= 15 is 0 Å². The number of hydrogen-bond donors (Lipinski definition) is 0. The standard InChI is InChI=1S/C25H22FN3O2S/c1-28(21-8-4-6-16-5-2-3-7-19(16)21)22(30)13-29-15-27-24-23(25(29)31)20(14-32-24)17-9-11-18(26)12-10-17/h2-3,5,7,9-12,14-15,21H,4,6,8,13H2,1H3. The Kier molecular flexibility index (Phi) is 5.35. The van der Waals surface area contributed by atoms with Crippen molar-refractivity contribution in [1.29, 1.82) is 0 Å². The van der Waals surface area contributed by atoms with Gasteiger partial charge in [0.1, 0.15) is 17.2 Å². The van der Waals surface area contributed by atoms with E-state index in [2.05, 4.69) is 17.1 Å². The van der Waals surface area contributed by atoms with Gasteiger partial charge in [-0.3, -0.25) is 14.2 Å². The Balaban J connectivity index is 1.45. The molecule has 0 fully saturated rings. The first-order valence-electron chi connectivity index (χ1n) is 10.6. The molecule has 0 aliphatic heterocycles. The maximum absolute atomic E-state index is 13.3. The van der Waals surface area contributed by atoms with Crippen LogP contribution in [0.15, 0.2) is 65.0 Å². The number of carbonyl (C=O) groups excluding carboxylic acids is 1. The van der Waals surface area contributed by atoms with E-state index in [0.717, 1.165) is 24.8 Å².